The molecule has 0 saturated carbocycles. The number of para-hydroxylation sites is 1. The van der Waals surface area contributed by atoms with Crippen molar-refractivity contribution in [2.75, 3.05) is 19.4 Å². The van der Waals surface area contributed by atoms with Crippen molar-refractivity contribution in [3.8, 4) is 5.75 Å². The van der Waals surface area contributed by atoms with Gasteiger partial charge in [0.25, 0.3) is 5.91 Å². The molecular formula is C14H16N2O2S. The van der Waals surface area contributed by atoms with Gasteiger partial charge in [0.05, 0.1) is 18.4 Å². The fourth-order valence-electron chi connectivity index (χ4n) is 1.81. The number of nitrogens with one attached hydrogen (secondary N) is 1. The van der Waals surface area contributed by atoms with Gasteiger partial charge in [0, 0.05) is 11.4 Å². The molecule has 0 aliphatic heterocycles. The fraction of sp³-hybridized carbons (Fsp3) is 0.214. The molecule has 1 aromatic carbocycles. The van der Waals surface area contributed by atoms with Crippen LogP contribution in [-0.2, 0) is 6.42 Å². The highest BCUT2D eigenvalue weighted by Gasteiger charge is 2.13. The zero-order valence-electron chi connectivity index (χ0n) is 10.7. The molecule has 0 atom stereocenters. The Bertz CT molecular complexity index is 553. The van der Waals surface area contributed by atoms with Crippen LogP contribution in [0.3, 0.4) is 0 Å². The van der Waals surface area contributed by atoms with Gasteiger partial charge in [0.2, 0.25) is 0 Å². The highest BCUT2D eigenvalue weighted by molar-refractivity contribution is 7.09. The van der Waals surface area contributed by atoms with Gasteiger partial charge in [-0.25, -0.2) is 0 Å². The number of hydrogen-bond donors (Lipinski definition) is 2. The van der Waals surface area contributed by atoms with E-state index in [9.17, 15) is 4.79 Å². The van der Waals surface area contributed by atoms with Crippen molar-refractivity contribution in [2.24, 2.45) is 0 Å². The van der Waals surface area contributed by atoms with Gasteiger partial charge in [0.15, 0.2) is 5.75 Å². The maximum atomic E-state index is 12.1. The summed E-state index contributed by atoms with van der Waals surface area (Å²) >= 11 is 1.68. The zero-order valence-corrected chi connectivity index (χ0v) is 11.5. The third-order valence-corrected chi connectivity index (χ3v) is 3.67. The van der Waals surface area contributed by atoms with Gasteiger partial charge < -0.3 is 15.8 Å². The molecule has 4 nitrogen and oxygen atoms in total. The van der Waals surface area contributed by atoms with Crippen molar-refractivity contribution in [2.45, 2.75) is 6.42 Å². The summed E-state index contributed by atoms with van der Waals surface area (Å²) < 4.78 is 5.17. The van der Waals surface area contributed by atoms with Crippen molar-refractivity contribution in [3.05, 3.63) is 46.2 Å². The van der Waals surface area contributed by atoms with Crippen molar-refractivity contribution in [1.82, 2.24) is 5.32 Å². The first-order valence-corrected chi connectivity index (χ1v) is 6.83. The molecule has 0 spiro atoms. The van der Waals surface area contributed by atoms with E-state index in [2.05, 4.69) is 11.4 Å². The highest BCUT2D eigenvalue weighted by atomic mass is 32.1. The number of anilines is 1. The lowest BCUT2D eigenvalue weighted by atomic mass is 10.1. The van der Waals surface area contributed by atoms with Gasteiger partial charge in [-0.05, 0) is 30.0 Å². The number of ether oxygens (including phenoxy) is 1. The molecule has 3 N–H and O–H groups in total. The van der Waals surface area contributed by atoms with Crippen LogP contribution in [0.1, 0.15) is 15.2 Å². The van der Waals surface area contributed by atoms with Crippen LogP contribution in [0.15, 0.2) is 35.7 Å². The van der Waals surface area contributed by atoms with E-state index in [4.69, 9.17) is 10.5 Å². The monoisotopic (exact) mass is 276 g/mol. The van der Waals surface area contributed by atoms with E-state index in [1.807, 2.05) is 11.4 Å². The molecule has 19 heavy (non-hydrogen) atoms. The largest absolute Gasteiger partial charge is 0.494 e. The third-order valence-electron chi connectivity index (χ3n) is 2.73. The molecule has 1 amide bonds. The number of thiophene rings is 1. The Labute approximate surface area is 116 Å². The second kappa shape index (κ2) is 6.24. The number of nitrogens with two attached hydrogens (primary N) is 1. The first-order valence-electron chi connectivity index (χ1n) is 5.95. The number of carbonyl (C=O) groups is 1. The summed E-state index contributed by atoms with van der Waals surface area (Å²) in [5.41, 5.74) is 6.70. The number of rotatable bonds is 5. The van der Waals surface area contributed by atoms with E-state index < -0.39 is 0 Å². The molecular weight excluding hydrogens is 260 g/mol. The second-order valence-corrected chi connectivity index (χ2v) is 5.05. The first kappa shape index (κ1) is 13.4. The smallest absolute Gasteiger partial charge is 0.255 e. The molecule has 0 radical (unpaired) electrons. The normalized spacial score (nSPS) is 10.2. The number of hydrogen-bond acceptors (Lipinski definition) is 4. The minimum absolute atomic E-state index is 0.166. The van der Waals surface area contributed by atoms with E-state index in [0.717, 1.165) is 6.42 Å². The summed E-state index contributed by atoms with van der Waals surface area (Å²) in [6, 6.07) is 9.21. The van der Waals surface area contributed by atoms with Crippen molar-refractivity contribution in [3.63, 3.8) is 0 Å². The molecule has 0 unspecified atom stereocenters. The second-order valence-electron chi connectivity index (χ2n) is 4.01. The summed E-state index contributed by atoms with van der Waals surface area (Å²) in [5, 5.41) is 4.90. The van der Waals surface area contributed by atoms with E-state index in [1.165, 1.54) is 12.0 Å². The average molecular weight is 276 g/mol. The van der Waals surface area contributed by atoms with E-state index in [0.29, 0.717) is 23.5 Å². The maximum absolute atomic E-state index is 12.1. The van der Waals surface area contributed by atoms with Crippen molar-refractivity contribution < 1.29 is 9.53 Å². The summed E-state index contributed by atoms with van der Waals surface area (Å²) in [7, 11) is 1.51. The lowest BCUT2D eigenvalue weighted by Gasteiger charge is -2.10. The predicted octanol–water partition coefficient (Wildman–Crippen LogP) is 2.31. The molecule has 5 heteroatoms. The lowest BCUT2D eigenvalue weighted by Crippen LogP contribution is -2.26. The fourth-order valence-corrected chi connectivity index (χ4v) is 2.52. The van der Waals surface area contributed by atoms with Gasteiger partial charge in [0.1, 0.15) is 0 Å². The Morgan fingerprint density at radius 1 is 1.37 bits per heavy atom. The SMILES string of the molecule is COc1c(N)cccc1C(=O)NCCc1cccs1. The molecule has 1 heterocycles. The Morgan fingerprint density at radius 2 is 2.21 bits per heavy atom. The van der Waals surface area contributed by atoms with Crippen LogP contribution < -0.4 is 15.8 Å². The Morgan fingerprint density at radius 3 is 2.89 bits per heavy atom. The molecule has 0 aliphatic rings. The van der Waals surface area contributed by atoms with Crippen LogP contribution in [-0.4, -0.2) is 19.6 Å². The van der Waals surface area contributed by atoms with E-state index in [1.54, 1.807) is 29.5 Å². The number of benzene rings is 1. The molecule has 2 rings (SSSR count). The number of nitrogen functional groups attached to an aromatic ring is 1. The van der Waals surface area contributed by atoms with Crippen LogP contribution in [0, 0.1) is 0 Å². The molecule has 100 valence electrons. The predicted molar refractivity (Wildman–Crippen MR) is 77.8 cm³/mol. The highest BCUT2D eigenvalue weighted by Crippen LogP contribution is 2.25. The molecule has 1 aromatic heterocycles. The van der Waals surface area contributed by atoms with Crippen molar-refractivity contribution >= 4 is 22.9 Å². The summed E-state index contributed by atoms with van der Waals surface area (Å²) in [6.07, 6.45) is 0.827. The Hall–Kier alpha value is -2.01. The molecule has 0 aliphatic carbocycles. The minimum Gasteiger partial charge on any atom is -0.494 e. The Kier molecular flexibility index (Phi) is 4.41. The molecule has 0 bridgehead atoms. The first-order chi connectivity index (χ1) is 9.22. The van der Waals surface area contributed by atoms with Crippen molar-refractivity contribution in [1.29, 1.82) is 0 Å². The van der Waals surface area contributed by atoms with Crippen LogP contribution >= 0.6 is 11.3 Å². The number of amides is 1. The summed E-state index contributed by atoms with van der Waals surface area (Å²) in [6.45, 7) is 0.595. The minimum atomic E-state index is -0.166. The molecule has 0 saturated heterocycles. The average Bonchev–Trinajstić information content (AvgIpc) is 2.91. The number of methoxy groups -OCH3 is 1. The van der Waals surface area contributed by atoms with Crippen LogP contribution in [0.2, 0.25) is 0 Å². The lowest BCUT2D eigenvalue weighted by molar-refractivity contribution is 0.0951. The van der Waals surface area contributed by atoms with Gasteiger partial charge in [-0.2, -0.15) is 0 Å². The van der Waals surface area contributed by atoms with Crippen LogP contribution in [0.4, 0.5) is 5.69 Å². The molecule has 2 aromatic rings. The van der Waals surface area contributed by atoms with E-state index in [-0.39, 0.29) is 5.91 Å². The van der Waals surface area contributed by atoms with E-state index >= 15 is 0 Å². The quantitative estimate of drug-likeness (QED) is 0.824. The standard InChI is InChI=1S/C14H16N2O2S/c1-18-13-11(5-2-6-12(13)15)14(17)16-8-7-10-4-3-9-19-10/h2-6,9H,7-8,15H2,1H3,(H,16,17). The zero-order chi connectivity index (χ0) is 13.7. The molecule has 0 fully saturated rings. The number of carbonyl (C=O) groups excluding carboxylic acids is 1. The Balaban J connectivity index is 1.98. The summed E-state index contributed by atoms with van der Waals surface area (Å²) in [4.78, 5) is 13.3. The van der Waals surface area contributed by atoms with Gasteiger partial charge in [-0.3, -0.25) is 4.79 Å². The topological polar surface area (TPSA) is 64.3 Å². The third kappa shape index (κ3) is 3.26. The summed E-state index contributed by atoms with van der Waals surface area (Å²) in [5.74, 6) is 0.261. The van der Waals surface area contributed by atoms with Crippen LogP contribution in [0.5, 0.6) is 5.75 Å². The van der Waals surface area contributed by atoms with Gasteiger partial charge in [-0.15, -0.1) is 11.3 Å². The van der Waals surface area contributed by atoms with Crippen LogP contribution in [0.25, 0.3) is 0 Å². The maximum Gasteiger partial charge on any atom is 0.255 e. The van der Waals surface area contributed by atoms with Gasteiger partial charge >= 0.3 is 0 Å². The van der Waals surface area contributed by atoms with Gasteiger partial charge in [-0.1, -0.05) is 12.1 Å².